The Kier molecular flexibility index (Phi) is 4.71. The first-order valence-corrected chi connectivity index (χ1v) is 4.16. The number of carbonyl (C=O) groups excluding carboxylic acids is 2. The van der Waals surface area contributed by atoms with E-state index < -0.39 is 16.5 Å². The van der Waals surface area contributed by atoms with E-state index in [-0.39, 0.29) is 0 Å². The summed E-state index contributed by atoms with van der Waals surface area (Å²) in [5.41, 5.74) is 4.67. The molecule has 1 atom stereocenters. The lowest BCUT2D eigenvalue weighted by molar-refractivity contribution is 0.00314. The van der Waals surface area contributed by atoms with Gasteiger partial charge in [0, 0.05) is 36.7 Å². The van der Waals surface area contributed by atoms with E-state index in [9.17, 15) is 9.59 Å². The molecule has 0 fully saturated rings. The molecule has 12 heavy (non-hydrogen) atoms. The smallest absolute Gasteiger partial charge is 0.400 e. The van der Waals surface area contributed by atoms with E-state index in [0.717, 1.165) is 0 Å². The molecule has 0 aliphatic rings. The third-order valence-corrected chi connectivity index (χ3v) is 1.28. The molecule has 0 aliphatic carbocycles. The molecule has 0 heterocycles. The standard InChI is InChI=1S/C5H9IN2O4/c1-8(2)5(10)12-3(6)11-4(7)9/h3H,1-2H3,(H2,7,9). The van der Waals surface area contributed by atoms with E-state index in [1.807, 2.05) is 0 Å². The maximum Gasteiger partial charge on any atom is 0.412 e. The molecule has 0 saturated carbocycles. The maximum absolute atomic E-state index is 10.8. The van der Waals surface area contributed by atoms with Crippen LogP contribution in [-0.4, -0.2) is 35.5 Å². The zero-order valence-corrected chi connectivity index (χ0v) is 8.77. The van der Waals surface area contributed by atoms with Crippen molar-refractivity contribution in [2.45, 2.75) is 4.30 Å². The van der Waals surface area contributed by atoms with Crippen molar-refractivity contribution >= 4 is 34.8 Å². The van der Waals surface area contributed by atoms with Crippen LogP contribution in [0.5, 0.6) is 0 Å². The summed E-state index contributed by atoms with van der Waals surface area (Å²) in [4.78, 5) is 22.2. The normalized spacial score (nSPS) is 11.6. The van der Waals surface area contributed by atoms with E-state index >= 15 is 0 Å². The molecule has 0 rings (SSSR count). The molecule has 0 radical (unpaired) electrons. The second-order valence-corrected chi connectivity index (χ2v) is 3.01. The van der Waals surface area contributed by atoms with Crippen LogP contribution in [0.1, 0.15) is 0 Å². The van der Waals surface area contributed by atoms with Crippen LogP contribution in [-0.2, 0) is 9.47 Å². The van der Waals surface area contributed by atoms with Gasteiger partial charge < -0.3 is 20.1 Å². The zero-order chi connectivity index (χ0) is 9.72. The Morgan fingerprint density at radius 2 is 1.92 bits per heavy atom. The number of amides is 2. The van der Waals surface area contributed by atoms with Crippen LogP contribution in [0.15, 0.2) is 0 Å². The molecule has 0 spiro atoms. The molecule has 0 aliphatic heterocycles. The van der Waals surface area contributed by atoms with Crippen LogP contribution in [0.25, 0.3) is 0 Å². The number of primary amides is 1. The van der Waals surface area contributed by atoms with Gasteiger partial charge >= 0.3 is 16.5 Å². The van der Waals surface area contributed by atoms with Crippen molar-refractivity contribution in [3.8, 4) is 0 Å². The molecule has 0 aromatic carbocycles. The number of hydrogen-bond donors (Lipinski definition) is 1. The maximum atomic E-state index is 10.8. The molecule has 0 aromatic heterocycles. The minimum absolute atomic E-state index is 0.601. The molecule has 70 valence electrons. The summed E-state index contributed by atoms with van der Waals surface area (Å²) in [6.07, 6.45) is -1.59. The fourth-order valence-electron chi connectivity index (χ4n) is 0.300. The molecule has 0 bridgehead atoms. The van der Waals surface area contributed by atoms with Gasteiger partial charge in [-0.1, -0.05) is 0 Å². The Hall–Kier alpha value is -0.730. The van der Waals surface area contributed by atoms with Gasteiger partial charge in [-0.3, -0.25) is 0 Å². The highest BCUT2D eigenvalue weighted by molar-refractivity contribution is 14.1. The van der Waals surface area contributed by atoms with Gasteiger partial charge in [0.25, 0.3) is 0 Å². The van der Waals surface area contributed by atoms with Crippen molar-refractivity contribution in [3.05, 3.63) is 0 Å². The summed E-state index contributed by atoms with van der Waals surface area (Å²) in [5, 5.41) is 0. The highest BCUT2D eigenvalue weighted by Crippen LogP contribution is 2.05. The second kappa shape index (κ2) is 5.01. The topological polar surface area (TPSA) is 81.9 Å². The lowest BCUT2D eigenvalue weighted by Gasteiger charge is -2.14. The van der Waals surface area contributed by atoms with Gasteiger partial charge in [0.1, 0.15) is 0 Å². The Morgan fingerprint density at radius 3 is 2.25 bits per heavy atom. The van der Waals surface area contributed by atoms with Crippen LogP contribution >= 0.6 is 22.6 Å². The monoisotopic (exact) mass is 288 g/mol. The van der Waals surface area contributed by atoms with Gasteiger partial charge in [0.2, 0.25) is 0 Å². The van der Waals surface area contributed by atoms with Crippen LogP contribution in [0.3, 0.4) is 0 Å². The van der Waals surface area contributed by atoms with Gasteiger partial charge in [-0.05, 0) is 0 Å². The number of alkyl halides is 1. The highest BCUT2D eigenvalue weighted by Gasteiger charge is 2.14. The first kappa shape index (κ1) is 11.3. The van der Waals surface area contributed by atoms with Crippen molar-refractivity contribution in [2.24, 2.45) is 5.73 Å². The Morgan fingerprint density at radius 1 is 1.42 bits per heavy atom. The average Bonchev–Trinajstić information content (AvgIpc) is 1.84. The van der Waals surface area contributed by atoms with Gasteiger partial charge in [0.05, 0.1) is 0 Å². The first-order valence-electron chi connectivity index (χ1n) is 2.91. The lowest BCUT2D eigenvalue weighted by atomic mass is 10.9. The zero-order valence-electron chi connectivity index (χ0n) is 6.61. The van der Waals surface area contributed by atoms with E-state index in [1.165, 1.54) is 19.0 Å². The molecule has 2 amide bonds. The van der Waals surface area contributed by atoms with Gasteiger partial charge in [-0.2, -0.15) is 0 Å². The number of nitrogens with two attached hydrogens (primary N) is 1. The Labute approximate surface area is 83.1 Å². The number of halogens is 1. The largest absolute Gasteiger partial charge is 0.412 e. The minimum atomic E-state index is -0.991. The molecule has 0 aromatic rings. The summed E-state index contributed by atoms with van der Waals surface area (Å²) in [6, 6.07) is 0. The SMILES string of the molecule is CN(C)C(=O)OC(I)OC(N)=O. The number of carbonyl (C=O) groups is 2. The van der Waals surface area contributed by atoms with E-state index in [1.54, 1.807) is 22.6 Å². The van der Waals surface area contributed by atoms with Crippen molar-refractivity contribution < 1.29 is 19.1 Å². The molecule has 1 unspecified atom stereocenters. The number of rotatable bonds is 2. The molecule has 7 heteroatoms. The van der Waals surface area contributed by atoms with Crippen LogP contribution < -0.4 is 5.73 Å². The summed E-state index contributed by atoms with van der Waals surface area (Å²) >= 11 is 1.61. The third kappa shape index (κ3) is 4.99. The number of nitrogens with zero attached hydrogens (tertiary/aromatic N) is 1. The molecular weight excluding hydrogens is 279 g/mol. The molecule has 2 N–H and O–H groups in total. The van der Waals surface area contributed by atoms with E-state index in [0.29, 0.717) is 0 Å². The Bertz CT molecular complexity index is 184. The average molecular weight is 288 g/mol. The van der Waals surface area contributed by atoms with Crippen LogP contribution in [0.4, 0.5) is 9.59 Å². The van der Waals surface area contributed by atoms with Gasteiger partial charge in [-0.15, -0.1) is 0 Å². The van der Waals surface area contributed by atoms with Crippen LogP contribution in [0.2, 0.25) is 0 Å². The van der Waals surface area contributed by atoms with Gasteiger partial charge in [-0.25, -0.2) is 9.59 Å². The molecule has 6 nitrogen and oxygen atoms in total. The fraction of sp³-hybridized carbons (Fsp3) is 0.600. The summed E-state index contributed by atoms with van der Waals surface area (Å²) < 4.78 is 7.91. The minimum Gasteiger partial charge on any atom is -0.400 e. The predicted octanol–water partition coefficient (Wildman–Crippen LogP) is 0.499. The van der Waals surface area contributed by atoms with E-state index in [2.05, 4.69) is 15.2 Å². The van der Waals surface area contributed by atoms with Crippen LogP contribution in [0, 0.1) is 0 Å². The van der Waals surface area contributed by atoms with Crippen molar-refractivity contribution in [1.29, 1.82) is 0 Å². The Balaban J connectivity index is 3.76. The third-order valence-electron chi connectivity index (χ3n) is 0.767. The van der Waals surface area contributed by atoms with Crippen molar-refractivity contribution in [3.63, 3.8) is 0 Å². The lowest BCUT2D eigenvalue weighted by Crippen LogP contribution is -2.29. The van der Waals surface area contributed by atoms with Crippen molar-refractivity contribution in [2.75, 3.05) is 14.1 Å². The molecular formula is C5H9IN2O4. The summed E-state index contributed by atoms with van der Waals surface area (Å²) in [7, 11) is 3.02. The summed E-state index contributed by atoms with van der Waals surface area (Å²) in [5.74, 6) is 0. The number of ether oxygens (including phenoxy) is 2. The molecule has 0 saturated heterocycles. The quantitative estimate of drug-likeness (QED) is 0.455. The predicted molar refractivity (Wildman–Crippen MR) is 48.6 cm³/mol. The van der Waals surface area contributed by atoms with Gasteiger partial charge in [0.15, 0.2) is 0 Å². The highest BCUT2D eigenvalue weighted by atomic mass is 127. The fourth-order valence-corrected chi connectivity index (χ4v) is 0.768. The second-order valence-electron chi connectivity index (χ2n) is 1.99. The summed E-state index contributed by atoms with van der Waals surface area (Å²) in [6.45, 7) is 0. The number of hydrogen-bond acceptors (Lipinski definition) is 4. The van der Waals surface area contributed by atoms with Crippen molar-refractivity contribution in [1.82, 2.24) is 4.90 Å². The first-order chi connectivity index (χ1) is 5.43. The van der Waals surface area contributed by atoms with E-state index in [4.69, 9.17) is 0 Å².